The number of rotatable bonds is 7. The SMILES string of the molecule is COc1cc2c(Nc3nccs3)ncnc2cc1OCc1cccc(S(C)(=O)=O)c1. The fourth-order valence-electron chi connectivity index (χ4n) is 2.85. The molecular formula is C20H18N4O4S2. The largest absolute Gasteiger partial charge is 0.493 e. The van der Waals surface area contributed by atoms with Gasteiger partial charge in [-0.25, -0.2) is 23.4 Å². The molecule has 0 aliphatic rings. The first-order valence-electron chi connectivity index (χ1n) is 8.85. The first-order valence-corrected chi connectivity index (χ1v) is 11.6. The molecule has 0 spiro atoms. The molecule has 2 aromatic carbocycles. The number of nitrogens with one attached hydrogen (secondary N) is 1. The lowest BCUT2D eigenvalue weighted by Gasteiger charge is -2.13. The van der Waals surface area contributed by atoms with Gasteiger partial charge in [0.25, 0.3) is 0 Å². The summed E-state index contributed by atoms with van der Waals surface area (Å²) in [5, 5.41) is 6.53. The summed E-state index contributed by atoms with van der Waals surface area (Å²) in [6.45, 7) is 0.181. The summed E-state index contributed by atoms with van der Waals surface area (Å²) < 4.78 is 35.0. The van der Waals surface area contributed by atoms with Gasteiger partial charge in [0.1, 0.15) is 18.8 Å². The maximum Gasteiger partial charge on any atom is 0.188 e. The zero-order valence-corrected chi connectivity index (χ0v) is 17.8. The molecule has 0 unspecified atom stereocenters. The third-order valence-electron chi connectivity index (χ3n) is 4.30. The number of sulfone groups is 1. The number of hydrogen-bond acceptors (Lipinski definition) is 9. The highest BCUT2D eigenvalue weighted by molar-refractivity contribution is 7.90. The van der Waals surface area contributed by atoms with Crippen molar-refractivity contribution >= 4 is 43.0 Å². The van der Waals surface area contributed by atoms with Crippen molar-refractivity contribution in [3.8, 4) is 11.5 Å². The first-order chi connectivity index (χ1) is 14.4. The van der Waals surface area contributed by atoms with E-state index in [2.05, 4.69) is 20.3 Å². The van der Waals surface area contributed by atoms with E-state index >= 15 is 0 Å². The third-order valence-corrected chi connectivity index (χ3v) is 6.10. The van der Waals surface area contributed by atoms with E-state index in [9.17, 15) is 8.42 Å². The summed E-state index contributed by atoms with van der Waals surface area (Å²) in [5.74, 6) is 1.62. The standard InChI is InChI=1S/C20H18N4O4S2/c1-27-17-9-15-16(22-12-23-19(15)24-20-21-6-7-29-20)10-18(17)28-11-13-4-3-5-14(8-13)30(2,25)26/h3-10,12H,11H2,1-2H3,(H,21,22,23,24). The molecule has 8 nitrogen and oxygen atoms in total. The molecular weight excluding hydrogens is 424 g/mol. The van der Waals surface area contributed by atoms with Gasteiger partial charge in [-0.1, -0.05) is 12.1 Å². The Morgan fingerprint density at radius 2 is 1.97 bits per heavy atom. The van der Waals surface area contributed by atoms with E-state index in [1.165, 1.54) is 23.9 Å². The Morgan fingerprint density at radius 3 is 2.70 bits per heavy atom. The minimum Gasteiger partial charge on any atom is -0.493 e. The summed E-state index contributed by atoms with van der Waals surface area (Å²) in [5.41, 5.74) is 1.40. The number of aromatic nitrogens is 3. The van der Waals surface area contributed by atoms with Gasteiger partial charge in [-0.3, -0.25) is 0 Å². The lowest BCUT2D eigenvalue weighted by molar-refractivity contribution is 0.285. The molecule has 2 heterocycles. The van der Waals surface area contributed by atoms with E-state index in [-0.39, 0.29) is 11.5 Å². The van der Waals surface area contributed by atoms with Gasteiger partial charge in [0.05, 0.1) is 17.5 Å². The third kappa shape index (κ3) is 4.34. The Labute approximate surface area is 177 Å². The number of nitrogens with zero attached hydrogens (tertiary/aromatic N) is 3. The van der Waals surface area contributed by atoms with Crippen LogP contribution >= 0.6 is 11.3 Å². The van der Waals surface area contributed by atoms with Crippen LogP contribution in [-0.2, 0) is 16.4 Å². The Morgan fingerprint density at radius 1 is 1.10 bits per heavy atom. The fraction of sp³-hybridized carbons (Fsp3) is 0.150. The second kappa shape index (κ2) is 8.25. The topological polar surface area (TPSA) is 103 Å². The second-order valence-electron chi connectivity index (χ2n) is 6.41. The normalized spacial score (nSPS) is 11.4. The van der Waals surface area contributed by atoms with Crippen LogP contribution in [0.2, 0.25) is 0 Å². The van der Waals surface area contributed by atoms with Crippen molar-refractivity contribution in [1.29, 1.82) is 0 Å². The van der Waals surface area contributed by atoms with Crippen molar-refractivity contribution in [2.75, 3.05) is 18.7 Å². The number of hydrogen-bond donors (Lipinski definition) is 1. The number of anilines is 2. The molecule has 0 amide bonds. The fourth-order valence-corrected chi connectivity index (χ4v) is 4.07. The number of fused-ring (bicyclic) bond motifs is 1. The monoisotopic (exact) mass is 442 g/mol. The number of thiazole rings is 1. The first kappa shape index (κ1) is 20.0. The maximum atomic E-state index is 11.8. The van der Waals surface area contributed by atoms with Gasteiger partial charge in [-0.05, 0) is 23.8 Å². The lowest BCUT2D eigenvalue weighted by Crippen LogP contribution is -2.02. The Kier molecular flexibility index (Phi) is 5.51. The molecule has 0 radical (unpaired) electrons. The van der Waals surface area contributed by atoms with Gasteiger partial charge in [0, 0.05) is 29.3 Å². The average molecular weight is 443 g/mol. The van der Waals surface area contributed by atoms with Crippen LogP contribution in [-0.4, -0.2) is 36.7 Å². The Balaban J connectivity index is 1.63. The molecule has 0 atom stereocenters. The molecule has 4 aromatic rings. The van der Waals surface area contributed by atoms with Crippen LogP contribution in [0.1, 0.15) is 5.56 Å². The molecule has 0 fully saturated rings. The highest BCUT2D eigenvalue weighted by Crippen LogP contribution is 2.35. The molecule has 0 aliphatic carbocycles. The molecule has 0 saturated carbocycles. The molecule has 154 valence electrons. The van der Waals surface area contributed by atoms with Crippen LogP contribution in [0.25, 0.3) is 10.9 Å². The van der Waals surface area contributed by atoms with Crippen molar-refractivity contribution < 1.29 is 17.9 Å². The Hall–Kier alpha value is -3.24. The van der Waals surface area contributed by atoms with Crippen LogP contribution in [0.5, 0.6) is 11.5 Å². The van der Waals surface area contributed by atoms with Crippen molar-refractivity contribution in [2.45, 2.75) is 11.5 Å². The average Bonchev–Trinajstić information content (AvgIpc) is 3.24. The van der Waals surface area contributed by atoms with Crippen LogP contribution in [0.15, 0.2) is 59.2 Å². The minimum atomic E-state index is -3.28. The van der Waals surface area contributed by atoms with Crippen LogP contribution in [0, 0.1) is 0 Å². The Bertz CT molecular complexity index is 1290. The zero-order chi connectivity index (χ0) is 21.1. The molecule has 0 saturated heterocycles. The summed E-state index contributed by atoms with van der Waals surface area (Å²) in [6.07, 6.45) is 4.35. The summed E-state index contributed by atoms with van der Waals surface area (Å²) >= 11 is 1.47. The van der Waals surface area contributed by atoms with E-state index in [0.717, 1.165) is 16.1 Å². The van der Waals surface area contributed by atoms with Crippen LogP contribution in [0.3, 0.4) is 0 Å². The number of ether oxygens (including phenoxy) is 2. The second-order valence-corrected chi connectivity index (χ2v) is 9.32. The summed E-state index contributed by atoms with van der Waals surface area (Å²) in [7, 11) is -1.73. The highest BCUT2D eigenvalue weighted by atomic mass is 32.2. The molecule has 2 aromatic heterocycles. The van der Waals surface area contributed by atoms with E-state index < -0.39 is 9.84 Å². The molecule has 4 rings (SSSR count). The summed E-state index contributed by atoms with van der Waals surface area (Å²) in [6, 6.07) is 10.2. The van der Waals surface area contributed by atoms with Crippen LogP contribution < -0.4 is 14.8 Å². The van der Waals surface area contributed by atoms with Gasteiger partial charge < -0.3 is 14.8 Å². The quantitative estimate of drug-likeness (QED) is 0.461. The minimum absolute atomic E-state index is 0.181. The van der Waals surface area contributed by atoms with E-state index in [0.29, 0.717) is 22.8 Å². The predicted molar refractivity (Wildman–Crippen MR) is 115 cm³/mol. The predicted octanol–water partition coefficient (Wildman–Crippen LogP) is 3.82. The van der Waals surface area contributed by atoms with Gasteiger partial charge in [-0.15, -0.1) is 11.3 Å². The lowest BCUT2D eigenvalue weighted by atomic mass is 10.2. The van der Waals surface area contributed by atoms with Gasteiger partial charge in [0.15, 0.2) is 26.5 Å². The molecule has 30 heavy (non-hydrogen) atoms. The van der Waals surface area contributed by atoms with Gasteiger partial charge >= 0.3 is 0 Å². The molecule has 10 heteroatoms. The van der Waals surface area contributed by atoms with E-state index in [1.54, 1.807) is 49.7 Å². The van der Waals surface area contributed by atoms with Crippen molar-refractivity contribution in [1.82, 2.24) is 15.0 Å². The van der Waals surface area contributed by atoms with E-state index in [1.807, 2.05) is 5.38 Å². The molecule has 0 aliphatic heterocycles. The van der Waals surface area contributed by atoms with E-state index in [4.69, 9.17) is 9.47 Å². The highest BCUT2D eigenvalue weighted by Gasteiger charge is 2.13. The number of benzene rings is 2. The van der Waals surface area contributed by atoms with Crippen molar-refractivity contribution in [3.05, 3.63) is 59.9 Å². The van der Waals surface area contributed by atoms with Crippen LogP contribution in [0.4, 0.5) is 10.9 Å². The van der Waals surface area contributed by atoms with Crippen molar-refractivity contribution in [3.63, 3.8) is 0 Å². The molecule has 0 bridgehead atoms. The van der Waals surface area contributed by atoms with Gasteiger partial charge in [0.2, 0.25) is 0 Å². The van der Waals surface area contributed by atoms with Gasteiger partial charge in [-0.2, -0.15) is 0 Å². The van der Waals surface area contributed by atoms with Crippen molar-refractivity contribution in [2.24, 2.45) is 0 Å². The zero-order valence-electron chi connectivity index (χ0n) is 16.2. The molecule has 1 N–H and O–H groups in total. The maximum absolute atomic E-state index is 11.8. The summed E-state index contributed by atoms with van der Waals surface area (Å²) in [4.78, 5) is 13.1. The number of methoxy groups -OCH3 is 1. The smallest absolute Gasteiger partial charge is 0.188 e.